The molecular formula is C18H22N2O4S. The standard InChI is InChI=1S/C18H22N2O4S/c1-4-17(24-15-8-6-5-7-9-15)18(21)19-14-10-12-16(13-11-14)25(22,23)20(2)3/h5-13,17H,4H2,1-3H3,(H,19,21). The van der Waals surface area contributed by atoms with Crippen LogP contribution in [0.2, 0.25) is 0 Å². The van der Waals surface area contributed by atoms with Crippen LogP contribution in [-0.4, -0.2) is 38.8 Å². The van der Waals surface area contributed by atoms with Crippen molar-refractivity contribution in [3.63, 3.8) is 0 Å². The second-order valence-electron chi connectivity index (χ2n) is 5.63. The summed E-state index contributed by atoms with van der Waals surface area (Å²) in [4.78, 5) is 12.5. The normalized spacial score (nSPS) is 12.6. The van der Waals surface area contributed by atoms with Gasteiger partial charge < -0.3 is 10.1 Å². The highest BCUT2D eigenvalue weighted by molar-refractivity contribution is 7.89. The van der Waals surface area contributed by atoms with E-state index in [0.717, 1.165) is 4.31 Å². The Labute approximate surface area is 148 Å². The number of sulfonamides is 1. The number of para-hydroxylation sites is 1. The van der Waals surface area contributed by atoms with Gasteiger partial charge in [0.1, 0.15) is 5.75 Å². The van der Waals surface area contributed by atoms with Crippen LogP contribution in [0.1, 0.15) is 13.3 Å². The van der Waals surface area contributed by atoms with Gasteiger partial charge in [0, 0.05) is 19.8 Å². The zero-order valence-corrected chi connectivity index (χ0v) is 15.3. The van der Waals surface area contributed by atoms with Crippen molar-refractivity contribution in [3.05, 3.63) is 54.6 Å². The summed E-state index contributed by atoms with van der Waals surface area (Å²) in [6.45, 7) is 1.86. The number of rotatable bonds is 7. The molecular weight excluding hydrogens is 340 g/mol. The highest BCUT2D eigenvalue weighted by Gasteiger charge is 2.20. The summed E-state index contributed by atoms with van der Waals surface area (Å²) in [7, 11) is -0.548. The smallest absolute Gasteiger partial charge is 0.265 e. The number of ether oxygens (including phenoxy) is 1. The summed E-state index contributed by atoms with van der Waals surface area (Å²) in [5.41, 5.74) is 0.512. The van der Waals surface area contributed by atoms with Crippen LogP contribution in [0.15, 0.2) is 59.5 Å². The SMILES string of the molecule is CCC(Oc1ccccc1)C(=O)Nc1ccc(S(=O)(=O)N(C)C)cc1. The van der Waals surface area contributed by atoms with Crippen LogP contribution in [0.25, 0.3) is 0 Å². The molecule has 0 saturated carbocycles. The first-order valence-corrected chi connectivity index (χ1v) is 9.33. The van der Waals surface area contributed by atoms with Gasteiger partial charge in [-0.05, 0) is 42.8 Å². The Balaban J connectivity index is 2.06. The molecule has 0 saturated heterocycles. The van der Waals surface area contributed by atoms with E-state index in [4.69, 9.17) is 4.74 Å². The van der Waals surface area contributed by atoms with Crippen LogP contribution in [0, 0.1) is 0 Å². The third kappa shape index (κ3) is 4.80. The molecule has 7 heteroatoms. The molecule has 2 aromatic carbocycles. The Hall–Kier alpha value is -2.38. The molecule has 0 heterocycles. The summed E-state index contributed by atoms with van der Waals surface area (Å²) < 4.78 is 30.9. The predicted molar refractivity (Wildman–Crippen MR) is 97.1 cm³/mol. The van der Waals surface area contributed by atoms with Gasteiger partial charge in [0.05, 0.1) is 4.90 Å². The summed E-state index contributed by atoms with van der Waals surface area (Å²) in [5.74, 6) is 0.339. The average Bonchev–Trinajstić information content (AvgIpc) is 2.60. The number of nitrogens with zero attached hydrogens (tertiary/aromatic N) is 1. The van der Waals surface area contributed by atoms with Gasteiger partial charge >= 0.3 is 0 Å². The van der Waals surface area contributed by atoms with E-state index in [-0.39, 0.29) is 10.8 Å². The molecule has 0 aliphatic carbocycles. The molecule has 2 rings (SSSR count). The van der Waals surface area contributed by atoms with E-state index in [2.05, 4.69) is 5.32 Å². The highest BCUT2D eigenvalue weighted by Crippen LogP contribution is 2.18. The maximum absolute atomic E-state index is 12.4. The van der Waals surface area contributed by atoms with Crippen LogP contribution >= 0.6 is 0 Å². The Morgan fingerprint density at radius 3 is 2.20 bits per heavy atom. The topological polar surface area (TPSA) is 75.7 Å². The monoisotopic (exact) mass is 362 g/mol. The second kappa shape index (κ2) is 8.13. The molecule has 0 spiro atoms. The number of hydrogen-bond donors (Lipinski definition) is 1. The minimum atomic E-state index is -3.49. The third-order valence-corrected chi connectivity index (χ3v) is 5.41. The Kier molecular flexibility index (Phi) is 6.17. The van der Waals surface area contributed by atoms with Gasteiger partial charge in [-0.15, -0.1) is 0 Å². The molecule has 0 aromatic heterocycles. The molecule has 0 radical (unpaired) electrons. The first kappa shape index (κ1) is 19.0. The molecule has 0 aliphatic heterocycles. The van der Waals surface area contributed by atoms with E-state index in [9.17, 15) is 13.2 Å². The highest BCUT2D eigenvalue weighted by atomic mass is 32.2. The molecule has 25 heavy (non-hydrogen) atoms. The molecule has 2 aromatic rings. The quantitative estimate of drug-likeness (QED) is 0.822. The minimum Gasteiger partial charge on any atom is -0.481 e. The molecule has 134 valence electrons. The van der Waals surface area contributed by atoms with E-state index in [0.29, 0.717) is 17.9 Å². The third-order valence-electron chi connectivity index (χ3n) is 3.59. The van der Waals surface area contributed by atoms with Crippen LogP contribution in [0.5, 0.6) is 5.75 Å². The summed E-state index contributed by atoms with van der Waals surface area (Å²) in [6, 6.07) is 15.2. The molecule has 1 N–H and O–H groups in total. The lowest BCUT2D eigenvalue weighted by atomic mass is 10.2. The van der Waals surface area contributed by atoms with Crippen LogP contribution < -0.4 is 10.1 Å². The van der Waals surface area contributed by atoms with Gasteiger partial charge in [0.2, 0.25) is 10.0 Å². The number of carbonyl (C=O) groups excluding carboxylic acids is 1. The van der Waals surface area contributed by atoms with Crippen molar-refractivity contribution in [3.8, 4) is 5.75 Å². The molecule has 0 fully saturated rings. The molecule has 1 atom stereocenters. The van der Waals surface area contributed by atoms with Gasteiger partial charge in [-0.2, -0.15) is 0 Å². The largest absolute Gasteiger partial charge is 0.481 e. The van der Waals surface area contributed by atoms with Gasteiger partial charge in [0.15, 0.2) is 6.10 Å². The predicted octanol–water partition coefficient (Wildman–Crippen LogP) is 2.73. The van der Waals surface area contributed by atoms with Crippen molar-refractivity contribution in [1.29, 1.82) is 0 Å². The lowest BCUT2D eigenvalue weighted by molar-refractivity contribution is -0.122. The molecule has 1 amide bonds. The summed E-state index contributed by atoms with van der Waals surface area (Å²) >= 11 is 0. The van der Waals surface area contributed by atoms with Crippen molar-refractivity contribution >= 4 is 21.6 Å². The van der Waals surface area contributed by atoms with Gasteiger partial charge in [-0.3, -0.25) is 4.79 Å². The number of benzene rings is 2. The van der Waals surface area contributed by atoms with Crippen molar-refractivity contribution in [2.75, 3.05) is 19.4 Å². The van der Waals surface area contributed by atoms with E-state index in [1.54, 1.807) is 24.3 Å². The lowest BCUT2D eigenvalue weighted by Gasteiger charge is -2.17. The number of carbonyl (C=O) groups is 1. The van der Waals surface area contributed by atoms with Crippen molar-refractivity contribution < 1.29 is 17.9 Å². The Morgan fingerprint density at radius 1 is 1.08 bits per heavy atom. The molecule has 0 aliphatic rings. The van der Waals surface area contributed by atoms with Crippen molar-refractivity contribution in [2.24, 2.45) is 0 Å². The average molecular weight is 362 g/mol. The first-order chi connectivity index (χ1) is 11.8. The fraction of sp³-hybridized carbons (Fsp3) is 0.278. The van der Waals surface area contributed by atoms with Crippen LogP contribution in [0.3, 0.4) is 0 Å². The minimum absolute atomic E-state index is 0.170. The molecule has 0 bridgehead atoms. The van der Waals surface area contributed by atoms with E-state index in [1.165, 1.54) is 26.2 Å². The van der Waals surface area contributed by atoms with Crippen molar-refractivity contribution in [2.45, 2.75) is 24.3 Å². The lowest BCUT2D eigenvalue weighted by Crippen LogP contribution is -2.32. The number of amides is 1. The maximum atomic E-state index is 12.4. The first-order valence-electron chi connectivity index (χ1n) is 7.89. The van der Waals surface area contributed by atoms with E-state index in [1.807, 2.05) is 25.1 Å². The number of nitrogens with one attached hydrogen (secondary N) is 1. The maximum Gasteiger partial charge on any atom is 0.265 e. The van der Waals surface area contributed by atoms with Crippen LogP contribution in [-0.2, 0) is 14.8 Å². The van der Waals surface area contributed by atoms with Crippen LogP contribution in [0.4, 0.5) is 5.69 Å². The zero-order valence-electron chi connectivity index (χ0n) is 14.5. The van der Waals surface area contributed by atoms with E-state index < -0.39 is 16.1 Å². The molecule has 1 unspecified atom stereocenters. The van der Waals surface area contributed by atoms with Gasteiger partial charge in [0.25, 0.3) is 5.91 Å². The summed E-state index contributed by atoms with van der Waals surface area (Å²) in [5, 5.41) is 2.75. The summed E-state index contributed by atoms with van der Waals surface area (Å²) in [6.07, 6.45) is -0.124. The van der Waals surface area contributed by atoms with Gasteiger partial charge in [-0.1, -0.05) is 25.1 Å². The fourth-order valence-electron chi connectivity index (χ4n) is 2.13. The number of anilines is 1. The van der Waals surface area contributed by atoms with E-state index >= 15 is 0 Å². The van der Waals surface area contributed by atoms with Crippen molar-refractivity contribution in [1.82, 2.24) is 4.31 Å². The Morgan fingerprint density at radius 2 is 1.68 bits per heavy atom. The second-order valence-corrected chi connectivity index (χ2v) is 7.78. The zero-order chi connectivity index (χ0) is 18.4. The number of hydrogen-bond acceptors (Lipinski definition) is 4. The Bertz CT molecular complexity index is 803. The van der Waals surface area contributed by atoms with Gasteiger partial charge in [-0.25, -0.2) is 12.7 Å². The molecule has 6 nitrogen and oxygen atoms in total. The fourth-order valence-corrected chi connectivity index (χ4v) is 3.03.